The average molecular weight is 307 g/mol. The largest absolute Gasteiger partial charge is 0.446 e. The topological polar surface area (TPSA) is 87.7 Å². The summed E-state index contributed by atoms with van der Waals surface area (Å²) in [4.78, 5) is 11.4. The number of amides is 1. The normalized spacial score (nSPS) is 24.6. The van der Waals surface area contributed by atoms with E-state index in [0.717, 1.165) is 13.0 Å². The zero-order valence-electron chi connectivity index (χ0n) is 12.5. The van der Waals surface area contributed by atoms with Crippen LogP contribution >= 0.6 is 0 Å². The Labute approximate surface area is 121 Å². The molecule has 1 aliphatic heterocycles. The summed E-state index contributed by atoms with van der Waals surface area (Å²) >= 11 is 0. The number of nitrogens with one attached hydrogen (secondary N) is 2. The molecule has 0 aromatic heterocycles. The van der Waals surface area contributed by atoms with Crippen LogP contribution < -0.4 is 10.0 Å². The summed E-state index contributed by atoms with van der Waals surface area (Å²) in [5, 5.41) is 3.34. The number of carbonyl (C=O) groups excluding carboxylic acids is 1. The molecule has 0 saturated carbocycles. The lowest BCUT2D eigenvalue weighted by atomic mass is 9.95. The molecule has 0 spiro atoms. The van der Waals surface area contributed by atoms with Gasteiger partial charge in [-0.3, -0.25) is 0 Å². The van der Waals surface area contributed by atoms with E-state index in [1.807, 2.05) is 18.6 Å². The maximum atomic E-state index is 12.1. The molecule has 2 unspecified atom stereocenters. The van der Waals surface area contributed by atoms with Crippen LogP contribution in [0.4, 0.5) is 4.79 Å². The van der Waals surface area contributed by atoms with Crippen molar-refractivity contribution in [2.45, 2.75) is 46.3 Å². The number of rotatable bonds is 5. The van der Waals surface area contributed by atoms with Gasteiger partial charge < -0.3 is 10.1 Å². The van der Waals surface area contributed by atoms with Crippen molar-refractivity contribution in [1.29, 1.82) is 0 Å². The molecule has 1 aliphatic rings. The summed E-state index contributed by atoms with van der Waals surface area (Å²) in [6.45, 7) is 9.00. The SMILES string of the molecule is CCNC1CCN(S(=O)(=O)NC(=O)OC(C)C)CC1C. The van der Waals surface area contributed by atoms with Crippen molar-refractivity contribution in [1.82, 2.24) is 14.3 Å². The maximum absolute atomic E-state index is 12.1. The van der Waals surface area contributed by atoms with E-state index in [4.69, 9.17) is 4.74 Å². The minimum absolute atomic E-state index is 0.196. The van der Waals surface area contributed by atoms with Gasteiger partial charge in [0.25, 0.3) is 0 Å². The van der Waals surface area contributed by atoms with Gasteiger partial charge >= 0.3 is 16.3 Å². The summed E-state index contributed by atoms with van der Waals surface area (Å²) in [7, 11) is -3.82. The molecule has 1 amide bonds. The first-order valence-electron chi connectivity index (χ1n) is 6.98. The van der Waals surface area contributed by atoms with E-state index in [-0.39, 0.29) is 12.0 Å². The predicted molar refractivity (Wildman–Crippen MR) is 76.5 cm³/mol. The monoisotopic (exact) mass is 307 g/mol. The van der Waals surface area contributed by atoms with Gasteiger partial charge in [-0.2, -0.15) is 12.7 Å². The molecule has 0 bridgehead atoms. The van der Waals surface area contributed by atoms with Gasteiger partial charge in [-0.05, 0) is 32.7 Å². The van der Waals surface area contributed by atoms with E-state index >= 15 is 0 Å². The third-order valence-corrected chi connectivity index (χ3v) is 4.67. The quantitative estimate of drug-likeness (QED) is 0.780. The number of nitrogens with zero attached hydrogens (tertiary/aromatic N) is 1. The van der Waals surface area contributed by atoms with E-state index in [2.05, 4.69) is 5.32 Å². The lowest BCUT2D eigenvalue weighted by molar-refractivity contribution is 0.120. The summed E-state index contributed by atoms with van der Waals surface area (Å²) in [6.07, 6.45) is -0.556. The number of ether oxygens (including phenoxy) is 1. The molecular formula is C12H25N3O4S. The van der Waals surface area contributed by atoms with Crippen molar-refractivity contribution in [2.24, 2.45) is 5.92 Å². The minimum Gasteiger partial charge on any atom is -0.446 e. The Balaban J connectivity index is 2.59. The van der Waals surface area contributed by atoms with Crippen LogP contribution in [0, 0.1) is 5.92 Å². The second-order valence-corrected chi connectivity index (χ2v) is 7.02. The average Bonchev–Trinajstić information content (AvgIpc) is 2.29. The molecular weight excluding hydrogens is 282 g/mol. The molecule has 20 heavy (non-hydrogen) atoms. The van der Waals surface area contributed by atoms with Crippen LogP contribution in [0.25, 0.3) is 0 Å². The number of piperidine rings is 1. The minimum atomic E-state index is -3.82. The van der Waals surface area contributed by atoms with E-state index < -0.39 is 16.3 Å². The van der Waals surface area contributed by atoms with Crippen LogP contribution in [0.1, 0.15) is 34.1 Å². The van der Waals surface area contributed by atoms with E-state index in [1.54, 1.807) is 13.8 Å². The predicted octanol–water partition coefficient (Wildman–Crippen LogP) is 0.686. The van der Waals surface area contributed by atoms with Crippen molar-refractivity contribution < 1.29 is 17.9 Å². The maximum Gasteiger partial charge on any atom is 0.422 e. The van der Waals surface area contributed by atoms with Crippen molar-refractivity contribution in [3.63, 3.8) is 0 Å². The molecule has 8 heteroatoms. The highest BCUT2D eigenvalue weighted by molar-refractivity contribution is 7.87. The molecule has 7 nitrogen and oxygen atoms in total. The number of hydrogen-bond acceptors (Lipinski definition) is 5. The van der Waals surface area contributed by atoms with Gasteiger partial charge in [0.05, 0.1) is 6.10 Å². The molecule has 2 N–H and O–H groups in total. The van der Waals surface area contributed by atoms with Crippen LogP contribution in [0.2, 0.25) is 0 Å². The highest BCUT2D eigenvalue weighted by Gasteiger charge is 2.33. The van der Waals surface area contributed by atoms with E-state index in [0.29, 0.717) is 19.1 Å². The van der Waals surface area contributed by atoms with Crippen molar-refractivity contribution in [3.05, 3.63) is 0 Å². The zero-order chi connectivity index (χ0) is 15.3. The third kappa shape index (κ3) is 4.92. The first kappa shape index (κ1) is 17.2. The van der Waals surface area contributed by atoms with Crippen LogP contribution in [0.15, 0.2) is 0 Å². The van der Waals surface area contributed by atoms with Crippen LogP contribution in [-0.2, 0) is 14.9 Å². The Kier molecular flexibility index (Phi) is 6.22. The van der Waals surface area contributed by atoms with Crippen molar-refractivity contribution >= 4 is 16.3 Å². The lowest BCUT2D eigenvalue weighted by Crippen LogP contribution is -2.53. The summed E-state index contributed by atoms with van der Waals surface area (Å²) in [5.41, 5.74) is 0. The zero-order valence-corrected chi connectivity index (χ0v) is 13.4. The van der Waals surface area contributed by atoms with Gasteiger partial charge in [-0.1, -0.05) is 13.8 Å². The van der Waals surface area contributed by atoms with Gasteiger partial charge in [0, 0.05) is 19.1 Å². The van der Waals surface area contributed by atoms with E-state index in [9.17, 15) is 13.2 Å². The standard InChI is InChI=1S/C12H25N3O4S/c1-5-13-11-6-7-15(8-10(11)4)20(17,18)14-12(16)19-9(2)3/h9-11,13H,5-8H2,1-4H3,(H,14,16). The first-order valence-corrected chi connectivity index (χ1v) is 8.42. The molecule has 0 aromatic carbocycles. The molecule has 118 valence electrons. The van der Waals surface area contributed by atoms with Gasteiger partial charge in [0.15, 0.2) is 0 Å². The second kappa shape index (κ2) is 7.24. The van der Waals surface area contributed by atoms with Gasteiger partial charge in [-0.25, -0.2) is 9.52 Å². The van der Waals surface area contributed by atoms with Crippen molar-refractivity contribution in [3.8, 4) is 0 Å². The number of hydrogen-bond donors (Lipinski definition) is 2. The molecule has 1 rings (SSSR count). The number of carbonyl (C=O) groups is 1. The van der Waals surface area contributed by atoms with Gasteiger partial charge in [0.1, 0.15) is 0 Å². The highest BCUT2D eigenvalue weighted by atomic mass is 32.2. The van der Waals surface area contributed by atoms with Crippen LogP contribution in [0.3, 0.4) is 0 Å². The Hall–Kier alpha value is -0.860. The third-order valence-electron chi connectivity index (χ3n) is 3.23. The Morgan fingerprint density at radius 2 is 2.10 bits per heavy atom. The molecule has 0 radical (unpaired) electrons. The molecule has 1 saturated heterocycles. The Morgan fingerprint density at radius 1 is 1.45 bits per heavy atom. The van der Waals surface area contributed by atoms with Gasteiger partial charge in [0.2, 0.25) is 0 Å². The molecule has 2 atom stereocenters. The first-order chi connectivity index (χ1) is 9.26. The molecule has 1 heterocycles. The highest BCUT2D eigenvalue weighted by Crippen LogP contribution is 2.18. The summed E-state index contributed by atoms with van der Waals surface area (Å²) < 4.78 is 32.2. The van der Waals surface area contributed by atoms with E-state index in [1.165, 1.54) is 4.31 Å². The smallest absolute Gasteiger partial charge is 0.422 e. The van der Waals surface area contributed by atoms with Gasteiger partial charge in [-0.15, -0.1) is 0 Å². The Bertz CT molecular complexity index is 424. The second-order valence-electron chi connectivity index (χ2n) is 5.35. The van der Waals surface area contributed by atoms with Crippen LogP contribution in [0.5, 0.6) is 0 Å². The summed E-state index contributed by atoms with van der Waals surface area (Å²) in [6, 6.07) is 0.314. The molecule has 0 aromatic rings. The van der Waals surface area contributed by atoms with Crippen LogP contribution in [-0.4, -0.2) is 50.6 Å². The lowest BCUT2D eigenvalue weighted by Gasteiger charge is -2.36. The molecule has 0 aliphatic carbocycles. The van der Waals surface area contributed by atoms with Crippen molar-refractivity contribution in [2.75, 3.05) is 19.6 Å². The summed E-state index contributed by atoms with van der Waals surface area (Å²) in [5.74, 6) is 0.196. The Morgan fingerprint density at radius 3 is 2.60 bits per heavy atom. The fourth-order valence-corrected chi connectivity index (χ4v) is 3.46. The molecule has 1 fully saturated rings. The fourth-order valence-electron chi connectivity index (χ4n) is 2.30. The fraction of sp³-hybridized carbons (Fsp3) is 0.917.